The molecule has 4 nitrogen and oxygen atoms in total. The van der Waals surface area contributed by atoms with Crippen LogP contribution in [-0.2, 0) is 16.0 Å². The van der Waals surface area contributed by atoms with Gasteiger partial charge in [-0.25, -0.2) is 0 Å². The third-order valence-electron chi connectivity index (χ3n) is 5.38. The lowest BCUT2D eigenvalue weighted by Gasteiger charge is -2.29. The molecule has 2 aromatic carbocycles. The Hall–Kier alpha value is -2.62. The molecule has 1 N–H and O–H groups in total. The highest BCUT2D eigenvalue weighted by molar-refractivity contribution is 5.95. The SMILES string of the molecule is O=C(Cc1ccccc1)NCCCN(C(=O)C1CCCCC1)c1ccccc1. The zero-order valence-corrected chi connectivity index (χ0v) is 16.5. The molecule has 0 bridgehead atoms. The van der Waals surface area contributed by atoms with E-state index in [4.69, 9.17) is 0 Å². The molecular formula is C24H30N2O2. The van der Waals surface area contributed by atoms with Crippen LogP contribution in [0.2, 0.25) is 0 Å². The number of anilines is 1. The van der Waals surface area contributed by atoms with Gasteiger partial charge in [-0.2, -0.15) is 0 Å². The van der Waals surface area contributed by atoms with Crippen molar-refractivity contribution in [2.24, 2.45) is 5.92 Å². The number of hydrogen-bond donors (Lipinski definition) is 1. The van der Waals surface area contributed by atoms with Crippen LogP contribution in [0, 0.1) is 5.92 Å². The van der Waals surface area contributed by atoms with Gasteiger partial charge in [0.15, 0.2) is 0 Å². The van der Waals surface area contributed by atoms with Crippen molar-refractivity contribution in [1.29, 1.82) is 0 Å². The van der Waals surface area contributed by atoms with Gasteiger partial charge in [-0.05, 0) is 37.0 Å². The molecule has 0 heterocycles. The van der Waals surface area contributed by atoms with Crippen LogP contribution in [0.15, 0.2) is 60.7 Å². The van der Waals surface area contributed by atoms with Crippen molar-refractivity contribution in [3.63, 3.8) is 0 Å². The topological polar surface area (TPSA) is 49.4 Å². The second-order valence-corrected chi connectivity index (χ2v) is 7.53. The van der Waals surface area contributed by atoms with Crippen LogP contribution in [0.4, 0.5) is 5.69 Å². The fourth-order valence-corrected chi connectivity index (χ4v) is 3.85. The summed E-state index contributed by atoms with van der Waals surface area (Å²) in [6.45, 7) is 1.21. The van der Waals surface area contributed by atoms with Gasteiger partial charge < -0.3 is 10.2 Å². The quantitative estimate of drug-likeness (QED) is 0.694. The van der Waals surface area contributed by atoms with E-state index in [2.05, 4.69) is 5.32 Å². The van der Waals surface area contributed by atoms with E-state index in [0.29, 0.717) is 19.5 Å². The zero-order chi connectivity index (χ0) is 19.6. The number of rotatable bonds is 8. The van der Waals surface area contributed by atoms with Crippen LogP contribution in [0.1, 0.15) is 44.1 Å². The van der Waals surface area contributed by atoms with E-state index < -0.39 is 0 Å². The molecule has 1 aliphatic carbocycles. The molecule has 148 valence electrons. The molecule has 1 saturated carbocycles. The van der Waals surface area contributed by atoms with Gasteiger partial charge in [-0.15, -0.1) is 0 Å². The number of carbonyl (C=O) groups is 2. The van der Waals surface area contributed by atoms with Gasteiger partial charge in [-0.3, -0.25) is 9.59 Å². The monoisotopic (exact) mass is 378 g/mol. The number of hydrogen-bond acceptors (Lipinski definition) is 2. The van der Waals surface area contributed by atoms with Crippen LogP contribution in [0.3, 0.4) is 0 Å². The summed E-state index contributed by atoms with van der Waals surface area (Å²) in [6, 6.07) is 19.6. The normalized spacial score (nSPS) is 14.4. The number of carbonyl (C=O) groups excluding carboxylic acids is 2. The minimum Gasteiger partial charge on any atom is -0.356 e. The lowest BCUT2D eigenvalue weighted by Crippen LogP contribution is -2.39. The Morgan fingerprint density at radius 3 is 2.21 bits per heavy atom. The highest BCUT2D eigenvalue weighted by Gasteiger charge is 2.26. The molecule has 0 aromatic heterocycles. The highest BCUT2D eigenvalue weighted by atomic mass is 16.2. The van der Waals surface area contributed by atoms with E-state index in [-0.39, 0.29) is 17.7 Å². The van der Waals surface area contributed by atoms with E-state index >= 15 is 0 Å². The van der Waals surface area contributed by atoms with Gasteiger partial charge in [0.05, 0.1) is 6.42 Å². The Kier molecular flexibility index (Phi) is 7.65. The maximum Gasteiger partial charge on any atom is 0.230 e. The van der Waals surface area contributed by atoms with E-state index in [1.165, 1.54) is 6.42 Å². The zero-order valence-electron chi connectivity index (χ0n) is 16.5. The van der Waals surface area contributed by atoms with Crippen LogP contribution < -0.4 is 10.2 Å². The number of nitrogens with one attached hydrogen (secondary N) is 1. The van der Waals surface area contributed by atoms with Crippen molar-refractivity contribution < 1.29 is 9.59 Å². The minimum atomic E-state index is 0.0241. The fourth-order valence-electron chi connectivity index (χ4n) is 3.85. The Bertz CT molecular complexity index is 740. The van der Waals surface area contributed by atoms with E-state index in [0.717, 1.165) is 43.4 Å². The van der Waals surface area contributed by atoms with E-state index in [1.54, 1.807) is 0 Å². The summed E-state index contributed by atoms with van der Waals surface area (Å²) in [4.78, 5) is 27.1. The van der Waals surface area contributed by atoms with E-state index in [1.807, 2.05) is 65.6 Å². The predicted octanol–water partition coefficient (Wildman–Crippen LogP) is 4.35. The second kappa shape index (κ2) is 10.6. The van der Waals surface area contributed by atoms with Crippen molar-refractivity contribution in [2.45, 2.75) is 44.9 Å². The minimum absolute atomic E-state index is 0.0241. The number of nitrogens with zero attached hydrogens (tertiary/aromatic N) is 1. The Morgan fingerprint density at radius 2 is 1.54 bits per heavy atom. The molecule has 1 aliphatic rings. The summed E-state index contributed by atoms with van der Waals surface area (Å²) in [7, 11) is 0. The first kappa shape index (κ1) is 20.1. The molecule has 0 aliphatic heterocycles. The van der Waals surface area contributed by atoms with E-state index in [9.17, 15) is 9.59 Å². The third-order valence-corrected chi connectivity index (χ3v) is 5.38. The van der Waals surface area contributed by atoms with Gasteiger partial charge in [-0.1, -0.05) is 67.8 Å². The smallest absolute Gasteiger partial charge is 0.230 e. The second-order valence-electron chi connectivity index (χ2n) is 7.53. The maximum atomic E-state index is 13.1. The molecule has 0 spiro atoms. The lowest BCUT2D eigenvalue weighted by molar-refractivity contribution is -0.123. The molecule has 0 unspecified atom stereocenters. The number of benzene rings is 2. The first-order chi connectivity index (χ1) is 13.7. The molecule has 4 heteroatoms. The summed E-state index contributed by atoms with van der Waals surface area (Å²) in [5.41, 5.74) is 1.96. The van der Waals surface area contributed by atoms with Gasteiger partial charge in [0.25, 0.3) is 0 Å². The van der Waals surface area contributed by atoms with Gasteiger partial charge in [0, 0.05) is 24.7 Å². The van der Waals surface area contributed by atoms with Crippen molar-refractivity contribution in [1.82, 2.24) is 5.32 Å². The number of para-hydroxylation sites is 1. The standard InChI is InChI=1S/C24H30N2O2/c27-23(19-20-11-4-1-5-12-20)25-17-10-18-26(22-15-8-3-9-16-22)24(28)21-13-6-2-7-14-21/h1,3-5,8-9,11-12,15-16,21H,2,6-7,10,13-14,17-19H2,(H,25,27). The molecule has 2 amide bonds. The molecular weight excluding hydrogens is 348 g/mol. The van der Waals surface area contributed by atoms with Crippen molar-refractivity contribution in [2.75, 3.05) is 18.0 Å². The van der Waals surface area contributed by atoms with Crippen LogP contribution >= 0.6 is 0 Å². The summed E-state index contributed by atoms with van der Waals surface area (Å²) in [5, 5.41) is 2.98. The summed E-state index contributed by atoms with van der Waals surface area (Å²) >= 11 is 0. The molecule has 3 rings (SSSR count). The predicted molar refractivity (Wildman–Crippen MR) is 113 cm³/mol. The van der Waals surface area contributed by atoms with Crippen molar-refractivity contribution >= 4 is 17.5 Å². The molecule has 0 saturated heterocycles. The van der Waals surface area contributed by atoms with Crippen LogP contribution in [0.5, 0.6) is 0 Å². The highest BCUT2D eigenvalue weighted by Crippen LogP contribution is 2.27. The molecule has 2 aromatic rings. The molecule has 28 heavy (non-hydrogen) atoms. The third kappa shape index (κ3) is 5.95. The lowest BCUT2D eigenvalue weighted by atomic mass is 9.88. The molecule has 0 radical (unpaired) electrons. The van der Waals surface area contributed by atoms with Crippen molar-refractivity contribution in [3.8, 4) is 0 Å². The summed E-state index contributed by atoms with van der Waals surface area (Å²) in [6.07, 6.45) is 6.66. The van der Waals surface area contributed by atoms with Crippen molar-refractivity contribution in [3.05, 3.63) is 66.2 Å². The molecule has 1 fully saturated rings. The number of amides is 2. The Balaban J connectivity index is 1.51. The summed E-state index contributed by atoms with van der Waals surface area (Å²) < 4.78 is 0. The van der Waals surface area contributed by atoms with Crippen LogP contribution in [-0.4, -0.2) is 24.9 Å². The first-order valence-electron chi connectivity index (χ1n) is 10.4. The Labute approximate surface area is 167 Å². The van der Waals surface area contributed by atoms with Gasteiger partial charge in [0.1, 0.15) is 0 Å². The largest absolute Gasteiger partial charge is 0.356 e. The van der Waals surface area contributed by atoms with Gasteiger partial charge in [0.2, 0.25) is 11.8 Å². The Morgan fingerprint density at radius 1 is 0.893 bits per heavy atom. The maximum absolute atomic E-state index is 13.1. The van der Waals surface area contributed by atoms with Crippen LogP contribution in [0.25, 0.3) is 0 Å². The molecule has 0 atom stereocenters. The average Bonchev–Trinajstić information content (AvgIpc) is 2.75. The average molecular weight is 379 g/mol. The fraction of sp³-hybridized carbons (Fsp3) is 0.417. The summed E-state index contributed by atoms with van der Waals surface area (Å²) in [5.74, 6) is 0.402. The van der Waals surface area contributed by atoms with Gasteiger partial charge >= 0.3 is 0 Å². The first-order valence-corrected chi connectivity index (χ1v) is 10.4.